The maximum Gasteiger partial charge on any atom is 0.272 e. The van der Waals surface area contributed by atoms with Crippen molar-refractivity contribution in [2.24, 2.45) is 0 Å². The number of aryl methyl sites for hydroxylation is 1. The Bertz CT molecular complexity index is 746. The van der Waals surface area contributed by atoms with Crippen LogP contribution in [0.3, 0.4) is 0 Å². The van der Waals surface area contributed by atoms with Gasteiger partial charge in [0, 0.05) is 44.4 Å². The molecule has 0 bridgehead atoms. The minimum absolute atomic E-state index is 0.00939. The number of carbonyl (C=O) groups excluding carboxylic acids is 1. The highest BCUT2D eigenvalue weighted by atomic mass is 16.2. The molecule has 1 aliphatic rings. The molecule has 0 unspecified atom stereocenters. The third kappa shape index (κ3) is 3.22. The molecule has 24 heavy (non-hydrogen) atoms. The third-order valence-corrected chi connectivity index (χ3v) is 4.49. The van der Waals surface area contributed by atoms with Gasteiger partial charge in [0.25, 0.3) is 5.91 Å². The molecule has 2 aromatic rings. The predicted octanol–water partition coefficient (Wildman–Crippen LogP) is 1.88. The van der Waals surface area contributed by atoms with Crippen LogP contribution in [0.15, 0.2) is 24.5 Å². The van der Waals surface area contributed by atoms with Gasteiger partial charge >= 0.3 is 0 Å². The highest BCUT2D eigenvalue weighted by Crippen LogP contribution is 2.23. The molecule has 1 aliphatic heterocycles. The topological polar surface area (TPSA) is 62.2 Å². The summed E-state index contributed by atoms with van der Waals surface area (Å²) in [6.45, 7) is 6.22. The van der Waals surface area contributed by atoms with Gasteiger partial charge in [0.15, 0.2) is 0 Å². The van der Waals surface area contributed by atoms with Crippen LogP contribution in [0.5, 0.6) is 0 Å². The molecule has 0 saturated heterocycles. The van der Waals surface area contributed by atoms with E-state index in [0.29, 0.717) is 18.8 Å². The fourth-order valence-corrected chi connectivity index (χ4v) is 3.02. The van der Waals surface area contributed by atoms with Crippen molar-refractivity contribution in [3.05, 3.63) is 47.2 Å². The van der Waals surface area contributed by atoms with Crippen LogP contribution in [-0.2, 0) is 12.8 Å². The summed E-state index contributed by atoms with van der Waals surface area (Å²) in [6.07, 6.45) is 3.15. The van der Waals surface area contributed by atoms with Crippen molar-refractivity contribution in [1.82, 2.24) is 19.9 Å². The van der Waals surface area contributed by atoms with Crippen LogP contribution in [0.1, 0.15) is 34.4 Å². The van der Waals surface area contributed by atoms with Gasteiger partial charge in [-0.05, 0) is 32.4 Å². The lowest BCUT2D eigenvalue weighted by Crippen LogP contribution is -2.34. The second kappa shape index (κ2) is 6.95. The number of rotatable bonds is 3. The first-order valence-corrected chi connectivity index (χ1v) is 8.37. The maximum atomic E-state index is 12.7. The van der Waals surface area contributed by atoms with Crippen LogP contribution in [0.2, 0.25) is 0 Å². The maximum absolute atomic E-state index is 12.7. The van der Waals surface area contributed by atoms with Gasteiger partial charge < -0.3 is 9.80 Å². The summed E-state index contributed by atoms with van der Waals surface area (Å²) in [5, 5.41) is 0. The van der Waals surface area contributed by atoms with E-state index in [1.54, 1.807) is 12.4 Å². The van der Waals surface area contributed by atoms with Crippen LogP contribution < -0.4 is 4.90 Å². The Balaban J connectivity index is 1.82. The molecule has 0 aliphatic carbocycles. The fraction of sp³-hybridized carbons (Fsp3) is 0.444. The Kier molecular flexibility index (Phi) is 4.74. The summed E-state index contributed by atoms with van der Waals surface area (Å²) in [7, 11) is 2.03. The molecule has 3 heterocycles. The molecule has 0 N–H and O–H groups in total. The van der Waals surface area contributed by atoms with Gasteiger partial charge in [-0.25, -0.2) is 15.0 Å². The molecule has 0 fully saturated rings. The number of fused-ring (bicyclic) bond motifs is 1. The Morgan fingerprint density at radius 3 is 2.79 bits per heavy atom. The second-order valence-corrected chi connectivity index (χ2v) is 6.09. The summed E-state index contributed by atoms with van der Waals surface area (Å²) in [4.78, 5) is 30.0. The van der Waals surface area contributed by atoms with E-state index in [-0.39, 0.29) is 5.91 Å². The average molecular weight is 325 g/mol. The number of aromatic nitrogens is 3. The van der Waals surface area contributed by atoms with Crippen LogP contribution in [0, 0.1) is 6.92 Å². The summed E-state index contributed by atoms with van der Waals surface area (Å²) in [5.74, 6) is 0.968. The normalized spacial score (nSPS) is 14.0. The average Bonchev–Trinajstić information content (AvgIpc) is 2.83. The van der Waals surface area contributed by atoms with E-state index in [4.69, 9.17) is 0 Å². The van der Waals surface area contributed by atoms with Crippen LogP contribution in [-0.4, -0.2) is 52.4 Å². The second-order valence-electron chi connectivity index (χ2n) is 6.09. The molecule has 126 valence electrons. The monoisotopic (exact) mass is 325 g/mol. The molecule has 1 amide bonds. The lowest BCUT2D eigenvalue weighted by atomic mass is 10.1. The number of amides is 1. The Hall–Kier alpha value is -2.50. The molecule has 2 aromatic heterocycles. The van der Waals surface area contributed by atoms with E-state index in [2.05, 4.69) is 26.8 Å². The molecular formula is C18H23N5O. The van der Waals surface area contributed by atoms with Gasteiger partial charge in [-0.2, -0.15) is 0 Å². The molecule has 6 heteroatoms. The van der Waals surface area contributed by atoms with Gasteiger partial charge in [0.05, 0.1) is 5.69 Å². The molecule has 3 rings (SSSR count). The summed E-state index contributed by atoms with van der Waals surface area (Å²) in [6, 6.07) is 5.56. The highest BCUT2D eigenvalue weighted by molar-refractivity contribution is 5.92. The van der Waals surface area contributed by atoms with E-state index in [1.165, 1.54) is 0 Å². The van der Waals surface area contributed by atoms with Crippen molar-refractivity contribution in [3.63, 3.8) is 0 Å². The number of carbonyl (C=O) groups is 1. The standard InChI is InChI=1S/C18H23N5O/c1-4-22(3)17-14-8-10-23(11-9-15(14)19-12-20-17)18(24)16-7-5-6-13(2)21-16/h5-7,12H,4,8-11H2,1-3H3. The number of anilines is 1. The molecular weight excluding hydrogens is 302 g/mol. The zero-order valence-electron chi connectivity index (χ0n) is 14.5. The van der Waals surface area contributed by atoms with Crippen LogP contribution in [0.25, 0.3) is 0 Å². The first kappa shape index (κ1) is 16.4. The van der Waals surface area contributed by atoms with E-state index in [1.807, 2.05) is 31.0 Å². The van der Waals surface area contributed by atoms with Crippen molar-refractivity contribution in [3.8, 4) is 0 Å². The van der Waals surface area contributed by atoms with Crippen molar-refractivity contribution >= 4 is 11.7 Å². The van der Waals surface area contributed by atoms with Gasteiger partial charge in [-0.1, -0.05) is 6.07 Å². The Morgan fingerprint density at radius 2 is 2.04 bits per heavy atom. The lowest BCUT2D eigenvalue weighted by molar-refractivity contribution is 0.0757. The number of hydrogen-bond acceptors (Lipinski definition) is 5. The number of pyridine rings is 1. The minimum atomic E-state index is -0.00939. The Labute approximate surface area is 142 Å². The van der Waals surface area contributed by atoms with Crippen molar-refractivity contribution in [1.29, 1.82) is 0 Å². The molecule has 0 radical (unpaired) electrons. The van der Waals surface area contributed by atoms with Gasteiger partial charge in [-0.3, -0.25) is 4.79 Å². The van der Waals surface area contributed by atoms with Crippen LogP contribution >= 0.6 is 0 Å². The number of hydrogen-bond donors (Lipinski definition) is 0. The summed E-state index contributed by atoms with van der Waals surface area (Å²) >= 11 is 0. The van der Waals surface area contributed by atoms with Crippen molar-refractivity contribution in [2.75, 3.05) is 31.6 Å². The lowest BCUT2D eigenvalue weighted by Gasteiger charge is -2.21. The minimum Gasteiger partial charge on any atom is -0.360 e. The molecule has 0 atom stereocenters. The summed E-state index contributed by atoms with van der Waals surface area (Å²) < 4.78 is 0. The van der Waals surface area contributed by atoms with E-state index in [9.17, 15) is 4.79 Å². The van der Waals surface area contributed by atoms with Crippen molar-refractivity contribution < 1.29 is 4.79 Å². The third-order valence-electron chi connectivity index (χ3n) is 4.49. The zero-order valence-corrected chi connectivity index (χ0v) is 14.5. The van der Waals surface area contributed by atoms with E-state index in [0.717, 1.165) is 42.2 Å². The Morgan fingerprint density at radius 1 is 1.25 bits per heavy atom. The van der Waals surface area contributed by atoms with E-state index < -0.39 is 0 Å². The largest absolute Gasteiger partial charge is 0.360 e. The van der Waals surface area contributed by atoms with Gasteiger partial charge in [0.2, 0.25) is 0 Å². The number of nitrogens with zero attached hydrogens (tertiary/aromatic N) is 5. The van der Waals surface area contributed by atoms with Crippen molar-refractivity contribution in [2.45, 2.75) is 26.7 Å². The highest BCUT2D eigenvalue weighted by Gasteiger charge is 2.24. The smallest absolute Gasteiger partial charge is 0.272 e. The first-order valence-electron chi connectivity index (χ1n) is 8.37. The first-order chi connectivity index (χ1) is 11.6. The van der Waals surface area contributed by atoms with Crippen LogP contribution in [0.4, 0.5) is 5.82 Å². The molecule has 0 aromatic carbocycles. The fourth-order valence-electron chi connectivity index (χ4n) is 3.02. The molecule has 0 spiro atoms. The van der Waals surface area contributed by atoms with Gasteiger partial charge in [0.1, 0.15) is 17.8 Å². The zero-order chi connectivity index (χ0) is 17.1. The van der Waals surface area contributed by atoms with Gasteiger partial charge in [-0.15, -0.1) is 0 Å². The summed E-state index contributed by atoms with van der Waals surface area (Å²) in [5.41, 5.74) is 3.58. The molecule has 6 nitrogen and oxygen atoms in total. The predicted molar refractivity (Wildman–Crippen MR) is 93.3 cm³/mol. The SMILES string of the molecule is CCN(C)c1ncnc2c1CCN(C(=O)c1cccc(C)n1)CC2. The van der Waals surface area contributed by atoms with E-state index >= 15 is 0 Å². The molecule has 0 saturated carbocycles. The quantitative estimate of drug-likeness (QED) is 0.862.